The van der Waals surface area contributed by atoms with E-state index in [2.05, 4.69) is 10.2 Å². The molecule has 134 valence electrons. The van der Waals surface area contributed by atoms with Crippen LogP contribution >= 0.6 is 0 Å². The van der Waals surface area contributed by atoms with Crippen molar-refractivity contribution in [2.45, 2.75) is 12.8 Å². The third-order valence-corrected chi connectivity index (χ3v) is 4.78. The summed E-state index contributed by atoms with van der Waals surface area (Å²) in [5.74, 6) is -1.33. The molecule has 0 aromatic heterocycles. The van der Waals surface area contributed by atoms with E-state index in [1.165, 1.54) is 0 Å². The molecule has 1 aromatic rings. The molecule has 7 heteroatoms. The van der Waals surface area contributed by atoms with Gasteiger partial charge < -0.3 is 20.0 Å². The lowest BCUT2D eigenvalue weighted by Crippen LogP contribution is -2.50. The van der Waals surface area contributed by atoms with Crippen LogP contribution in [0.25, 0.3) is 0 Å². The van der Waals surface area contributed by atoms with Crippen LogP contribution < -0.4 is 5.32 Å². The summed E-state index contributed by atoms with van der Waals surface area (Å²) in [4.78, 5) is 42.8. The number of piperazine rings is 1. The first-order chi connectivity index (χ1) is 12.1. The van der Waals surface area contributed by atoms with Gasteiger partial charge in [-0.2, -0.15) is 0 Å². The Balaban J connectivity index is 1.69. The molecule has 2 heterocycles. The zero-order valence-corrected chi connectivity index (χ0v) is 14.5. The average Bonchev–Trinajstić information content (AvgIpc) is 3.16. The van der Waals surface area contributed by atoms with E-state index in [0.29, 0.717) is 24.3 Å². The van der Waals surface area contributed by atoms with E-state index >= 15 is 0 Å². The van der Waals surface area contributed by atoms with E-state index in [4.69, 9.17) is 0 Å². The molecule has 2 fully saturated rings. The van der Waals surface area contributed by atoms with Gasteiger partial charge in [0.15, 0.2) is 0 Å². The SMILES string of the molecule is CN1CCN(C(=O)C(=O)Nc2ccccc2C(=O)N2CCCC2)CC1. The Labute approximate surface area is 147 Å². The molecule has 1 aromatic carbocycles. The van der Waals surface area contributed by atoms with Crippen molar-refractivity contribution in [2.75, 3.05) is 51.6 Å². The Hall–Kier alpha value is -2.41. The molecule has 7 nitrogen and oxygen atoms in total. The summed E-state index contributed by atoms with van der Waals surface area (Å²) in [5.41, 5.74) is 0.829. The van der Waals surface area contributed by atoms with Crippen molar-refractivity contribution in [2.24, 2.45) is 0 Å². The minimum Gasteiger partial charge on any atom is -0.339 e. The largest absolute Gasteiger partial charge is 0.339 e. The smallest absolute Gasteiger partial charge is 0.313 e. The van der Waals surface area contributed by atoms with Crippen LogP contribution in [-0.2, 0) is 9.59 Å². The van der Waals surface area contributed by atoms with Crippen molar-refractivity contribution in [1.82, 2.24) is 14.7 Å². The van der Waals surface area contributed by atoms with Crippen LogP contribution in [-0.4, -0.2) is 78.7 Å². The number of amides is 3. The second-order valence-electron chi connectivity index (χ2n) is 6.59. The Morgan fingerprint density at radius 1 is 0.880 bits per heavy atom. The number of hydrogen-bond donors (Lipinski definition) is 1. The van der Waals surface area contributed by atoms with E-state index in [1.54, 1.807) is 34.1 Å². The summed E-state index contributed by atoms with van der Waals surface area (Å²) < 4.78 is 0. The van der Waals surface area contributed by atoms with E-state index in [9.17, 15) is 14.4 Å². The van der Waals surface area contributed by atoms with Gasteiger partial charge >= 0.3 is 11.8 Å². The van der Waals surface area contributed by atoms with Gasteiger partial charge in [0.2, 0.25) is 0 Å². The fourth-order valence-corrected chi connectivity index (χ4v) is 3.20. The quantitative estimate of drug-likeness (QED) is 0.799. The number of likely N-dealkylation sites (N-methyl/N-ethyl adjacent to an activating group) is 1. The molecule has 2 aliphatic heterocycles. The van der Waals surface area contributed by atoms with Crippen LogP contribution in [0.15, 0.2) is 24.3 Å². The fourth-order valence-electron chi connectivity index (χ4n) is 3.20. The second kappa shape index (κ2) is 7.65. The summed E-state index contributed by atoms with van der Waals surface area (Å²) in [6.45, 7) is 4.06. The molecule has 0 bridgehead atoms. The van der Waals surface area contributed by atoms with E-state index in [1.807, 2.05) is 7.05 Å². The molecule has 25 heavy (non-hydrogen) atoms. The standard InChI is InChI=1S/C18H24N4O3/c1-20-10-12-22(13-11-20)18(25)16(23)19-15-7-3-2-6-14(15)17(24)21-8-4-5-9-21/h2-3,6-7H,4-5,8-13H2,1H3,(H,19,23). The highest BCUT2D eigenvalue weighted by Gasteiger charge is 2.27. The summed E-state index contributed by atoms with van der Waals surface area (Å²) in [6.07, 6.45) is 2.00. The van der Waals surface area contributed by atoms with Gasteiger partial charge in [0.25, 0.3) is 5.91 Å². The summed E-state index contributed by atoms with van der Waals surface area (Å²) in [6, 6.07) is 6.87. The molecule has 0 atom stereocenters. The van der Waals surface area contributed by atoms with Gasteiger partial charge in [-0.15, -0.1) is 0 Å². The van der Waals surface area contributed by atoms with Crippen LogP contribution in [0.3, 0.4) is 0 Å². The molecule has 0 radical (unpaired) electrons. The van der Waals surface area contributed by atoms with Crippen molar-refractivity contribution in [3.63, 3.8) is 0 Å². The van der Waals surface area contributed by atoms with Crippen LogP contribution in [0.5, 0.6) is 0 Å². The first-order valence-electron chi connectivity index (χ1n) is 8.73. The third-order valence-electron chi connectivity index (χ3n) is 4.78. The minimum absolute atomic E-state index is 0.0968. The Morgan fingerprint density at radius 3 is 2.20 bits per heavy atom. The predicted molar refractivity (Wildman–Crippen MR) is 94.3 cm³/mol. The third kappa shape index (κ3) is 3.99. The number of hydrogen-bond acceptors (Lipinski definition) is 4. The van der Waals surface area contributed by atoms with Gasteiger partial charge in [-0.05, 0) is 32.0 Å². The van der Waals surface area contributed by atoms with Crippen LogP contribution in [0, 0.1) is 0 Å². The first-order valence-corrected chi connectivity index (χ1v) is 8.73. The highest BCUT2D eigenvalue weighted by molar-refractivity contribution is 6.39. The molecule has 0 aliphatic carbocycles. The van der Waals surface area contributed by atoms with Gasteiger partial charge in [-0.1, -0.05) is 12.1 Å². The fraction of sp³-hybridized carbons (Fsp3) is 0.500. The maximum Gasteiger partial charge on any atom is 0.313 e. The highest BCUT2D eigenvalue weighted by atomic mass is 16.2. The lowest BCUT2D eigenvalue weighted by atomic mass is 10.1. The van der Waals surface area contributed by atoms with Gasteiger partial charge in [0, 0.05) is 39.3 Å². The van der Waals surface area contributed by atoms with E-state index < -0.39 is 11.8 Å². The number of rotatable bonds is 2. The molecule has 1 N–H and O–H groups in total. The van der Waals surface area contributed by atoms with Gasteiger partial charge in [-0.3, -0.25) is 14.4 Å². The molecule has 2 aliphatic rings. The van der Waals surface area contributed by atoms with Crippen molar-refractivity contribution >= 4 is 23.4 Å². The zero-order valence-electron chi connectivity index (χ0n) is 14.5. The zero-order chi connectivity index (χ0) is 17.8. The summed E-state index contributed by atoms with van der Waals surface area (Å²) in [5, 5.41) is 2.63. The van der Waals surface area contributed by atoms with E-state index in [0.717, 1.165) is 39.0 Å². The molecule has 3 rings (SSSR count). The maximum atomic E-state index is 12.6. The van der Waals surface area contributed by atoms with Crippen molar-refractivity contribution < 1.29 is 14.4 Å². The van der Waals surface area contributed by atoms with Gasteiger partial charge in [-0.25, -0.2) is 0 Å². The molecule has 3 amide bonds. The summed E-state index contributed by atoms with van der Waals surface area (Å²) >= 11 is 0. The van der Waals surface area contributed by atoms with Gasteiger partial charge in [0.05, 0.1) is 11.3 Å². The minimum atomic E-state index is -0.689. The number of carbonyl (C=O) groups is 3. The predicted octanol–water partition coefficient (Wildman–Crippen LogP) is 0.635. The average molecular weight is 344 g/mol. The Bertz CT molecular complexity index is 662. The van der Waals surface area contributed by atoms with Gasteiger partial charge in [0.1, 0.15) is 0 Å². The van der Waals surface area contributed by atoms with Crippen LogP contribution in [0.1, 0.15) is 23.2 Å². The van der Waals surface area contributed by atoms with Crippen molar-refractivity contribution in [3.05, 3.63) is 29.8 Å². The number of nitrogens with one attached hydrogen (secondary N) is 1. The summed E-state index contributed by atoms with van der Waals surface area (Å²) in [7, 11) is 1.99. The van der Waals surface area contributed by atoms with Crippen LogP contribution in [0.2, 0.25) is 0 Å². The normalized spacial score (nSPS) is 18.3. The molecule has 0 unspecified atom stereocenters. The lowest BCUT2D eigenvalue weighted by Gasteiger charge is -2.31. The molecular weight excluding hydrogens is 320 g/mol. The number of nitrogens with zero attached hydrogens (tertiary/aromatic N) is 3. The molecule has 0 spiro atoms. The Morgan fingerprint density at radius 2 is 1.52 bits per heavy atom. The number of para-hydroxylation sites is 1. The first kappa shape index (κ1) is 17.4. The molecular formula is C18H24N4O3. The number of anilines is 1. The molecule has 0 saturated carbocycles. The lowest BCUT2D eigenvalue weighted by molar-refractivity contribution is -0.144. The number of carbonyl (C=O) groups excluding carboxylic acids is 3. The van der Waals surface area contributed by atoms with Crippen LogP contribution in [0.4, 0.5) is 5.69 Å². The number of benzene rings is 1. The van der Waals surface area contributed by atoms with Crippen molar-refractivity contribution in [3.8, 4) is 0 Å². The molecule has 2 saturated heterocycles. The monoisotopic (exact) mass is 344 g/mol. The topological polar surface area (TPSA) is 73.0 Å². The Kier molecular flexibility index (Phi) is 5.33. The second-order valence-corrected chi connectivity index (χ2v) is 6.59. The van der Waals surface area contributed by atoms with Crippen molar-refractivity contribution in [1.29, 1.82) is 0 Å². The maximum absolute atomic E-state index is 12.6. The number of likely N-dealkylation sites (tertiary alicyclic amines) is 1. The van der Waals surface area contributed by atoms with E-state index in [-0.39, 0.29) is 5.91 Å². The highest BCUT2D eigenvalue weighted by Crippen LogP contribution is 2.20.